The Balaban J connectivity index is 1.80. The van der Waals surface area contributed by atoms with Gasteiger partial charge in [0.2, 0.25) is 0 Å². The van der Waals surface area contributed by atoms with Crippen LogP contribution in [0.15, 0.2) is 60.4 Å². The van der Waals surface area contributed by atoms with Crippen LogP contribution in [0.4, 0.5) is 10.1 Å². The molecule has 0 radical (unpaired) electrons. The van der Waals surface area contributed by atoms with E-state index in [9.17, 15) is 4.39 Å². The van der Waals surface area contributed by atoms with Crippen molar-refractivity contribution >= 4 is 5.69 Å². The fraction of sp³-hybridized carbons (Fsp3) is 0.263. The van der Waals surface area contributed by atoms with Crippen molar-refractivity contribution in [1.29, 1.82) is 0 Å². The zero-order chi connectivity index (χ0) is 16.9. The smallest absolute Gasteiger partial charge is 0.125 e. The normalized spacial score (nSPS) is 16.4. The van der Waals surface area contributed by atoms with Crippen molar-refractivity contribution in [3.63, 3.8) is 0 Å². The molecule has 1 atom stereocenters. The minimum Gasteiger partial charge on any atom is -0.497 e. The summed E-state index contributed by atoms with van der Waals surface area (Å²) in [6.45, 7) is 2.27. The minimum absolute atomic E-state index is 0.230. The van der Waals surface area contributed by atoms with E-state index in [1.165, 1.54) is 6.07 Å². The van der Waals surface area contributed by atoms with E-state index < -0.39 is 0 Å². The molecular formula is C19H22FN3O. The Morgan fingerprint density at radius 1 is 1.25 bits per heavy atom. The Bertz CT molecular complexity index is 715. The third-order valence-electron chi connectivity index (χ3n) is 4.14. The molecule has 1 heterocycles. The van der Waals surface area contributed by atoms with Gasteiger partial charge in [-0.05, 0) is 42.0 Å². The first-order valence-corrected chi connectivity index (χ1v) is 7.98. The van der Waals surface area contributed by atoms with Gasteiger partial charge < -0.3 is 20.7 Å². The zero-order valence-electron chi connectivity index (χ0n) is 13.7. The first-order chi connectivity index (χ1) is 11.6. The van der Waals surface area contributed by atoms with Crippen molar-refractivity contribution in [2.24, 2.45) is 11.7 Å². The molecule has 5 heteroatoms. The van der Waals surface area contributed by atoms with Gasteiger partial charge in [0.05, 0.1) is 12.9 Å². The van der Waals surface area contributed by atoms with E-state index in [0.29, 0.717) is 18.3 Å². The molecule has 2 aromatic rings. The molecule has 1 aliphatic heterocycles. The lowest BCUT2D eigenvalue weighted by Crippen LogP contribution is -2.30. The van der Waals surface area contributed by atoms with Crippen molar-refractivity contribution in [3.05, 3.63) is 71.8 Å². The predicted octanol–water partition coefficient (Wildman–Crippen LogP) is 2.86. The van der Waals surface area contributed by atoms with Crippen LogP contribution in [0.2, 0.25) is 0 Å². The second-order valence-electron chi connectivity index (χ2n) is 5.97. The summed E-state index contributed by atoms with van der Waals surface area (Å²) in [4.78, 5) is 2.17. The van der Waals surface area contributed by atoms with E-state index in [1.54, 1.807) is 19.2 Å². The quantitative estimate of drug-likeness (QED) is 0.857. The van der Waals surface area contributed by atoms with Crippen LogP contribution in [0.5, 0.6) is 5.75 Å². The number of nitrogens with two attached hydrogens (primary N) is 1. The molecule has 0 fully saturated rings. The van der Waals surface area contributed by atoms with Crippen LogP contribution in [0.3, 0.4) is 0 Å². The van der Waals surface area contributed by atoms with Gasteiger partial charge in [0, 0.05) is 31.2 Å². The Kier molecular flexibility index (Phi) is 4.89. The van der Waals surface area contributed by atoms with Crippen LogP contribution in [0.1, 0.15) is 5.56 Å². The maximum Gasteiger partial charge on any atom is 0.125 e. The van der Waals surface area contributed by atoms with Crippen molar-refractivity contribution < 1.29 is 9.13 Å². The average Bonchev–Trinajstić information content (AvgIpc) is 3.00. The predicted molar refractivity (Wildman–Crippen MR) is 94.2 cm³/mol. The molecule has 126 valence electrons. The Hall–Kier alpha value is -2.69. The van der Waals surface area contributed by atoms with Gasteiger partial charge in [-0.3, -0.25) is 0 Å². The molecule has 3 N–H and O–H groups in total. The fourth-order valence-electron chi connectivity index (χ4n) is 2.91. The fourth-order valence-corrected chi connectivity index (χ4v) is 2.91. The maximum atomic E-state index is 13.7. The van der Waals surface area contributed by atoms with Crippen LogP contribution >= 0.6 is 0 Å². The molecule has 1 aliphatic rings. The summed E-state index contributed by atoms with van der Waals surface area (Å²) in [6.07, 6.45) is 2.03. The van der Waals surface area contributed by atoms with Crippen LogP contribution in [0.25, 0.3) is 0 Å². The molecule has 0 spiro atoms. The van der Waals surface area contributed by atoms with Crippen LogP contribution in [0, 0.1) is 11.7 Å². The second-order valence-corrected chi connectivity index (χ2v) is 5.97. The van der Waals surface area contributed by atoms with E-state index in [-0.39, 0.29) is 5.82 Å². The number of nitrogens with zero attached hydrogens (tertiary/aromatic N) is 1. The van der Waals surface area contributed by atoms with Gasteiger partial charge in [0.25, 0.3) is 0 Å². The van der Waals surface area contributed by atoms with Crippen molar-refractivity contribution in [2.45, 2.75) is 6.54 Å². The molecule has 0 unspecified atom stereocenters. The highest BCUT2D eigenvalue weighted by Crippen LogP contribution is 2.22. The molecule has 24 heavy (non-hydrogen) atoms. The molecule has 0 amide bonds. The van der Waals surface area contributed by atoms with Crippen molar-refractivity contribution in [3.8, 4) is 5.75 Å². The summed E-state index contributed by atoms with van der Waals surface area (Å²) in [6, 6.07) is 14.6. The van der Waals surface area contributed by atoms with Crippen molar-refractivity contribution in [1.82, 2.24) is 5.32 Å². The number of ether oxygens (including phenoxy) is 1. The highest BCUT2D eigenvalue weighted by atomic mass is 19.1. The summed E-state index contributed by atoms with van der Waals surface area (Å²) in [5.41, 5.74) is 7.81. The van der Waals surface area contributed by atoms with Gasteiger partial charge in [-0.2, -0.15) is 0 Å². The van der Waals surface area contributed by atoms with E-state index in [2.05, 4.69) is 10.2 Å². The first-order valence-electron chi connectivity index (χ1n) is 7.98. The van der Waals surface area contributed by atoms with E-state index >= 15 is 0 Å². The number of benzene rings is 2. The number of methoxy groups -OCH3 is 1. The largest absolute Gasteiger partial charge is 0.497 e. The number of hydrogen-bond donors (Lipinski definition) is 2. The molecule has 0 bridgehead atoms. The molecular weight excluding hydrogens is 305 g/mol. The summed E-state index contributed by atoms with van der Waals surface area (Å²) < 4.78 is 18.9. The van der Waals surface area contributed by atoms with E-state index in [4.69, 9.17) is 10.5 Å². The zero-order valence-corrected chi connectivity index (χ0v) is 13.7. The van der Waals surface area contributed by atoms with Crippen molar-refractivity contribution in [2.75, 3.05) is 25.1 Å². The topological polar surface area (TPSA) is 50.5 Å². The van der Waals surface area contributed by atoms with Gasteiger partial charge in [0.1, 0.15) is 11.6 Å². The maximum absolute atomic E-state index is 13.7. The molecule has 4 nitrogen and oxygen atoms in total. The highest BCUT2D eigenvalue weighted by molar-refractivity contribution is 5.47. The summed E-state index contributed by atoms with van der Waals surface area (Å²) in [5, 5.41) is 3.14. The molecule has 0 saturated carbocycles. The Morgan fingerprint density at radius 2 is 2.04 bits per heavy atom. The van der Waals surface area contributed by atoms with Crippen LogP contribution in [-0.2, 0) is 6.54 Å². The Labute approximate surface area is 141 Å². The SMILES string of the molecule is COc1ccc(CN(C[C@H]2C=C(N)NC2)c2cccc(F)c2)cc1. The lowest BCUT2D eigenvalue weighted by molar-refractivity contribution is 0.414. The minimum atomic E-state index is -0.230. The van der Waals surface area contributed by atoms with E-state index in [1.807, 2.05) is 36.4 Å². The number of halogens is 1. The third kappa shape index (κ3) is 3.98. The molecule has 0 saturated heterocycles. The molecule has 0 aliphatic carbocycles. The highest BCUT2D eigenvalue weighted by Gasteiger charge is 2.18. The van der Waals surface area contributed by atoms with Crippen LogP contribution in [-0.4, -0.2) is 20.2 Å². The van der Waals surface area contributed by atoms with E-state index in [0.717, 1.165) is 30.1 Å². The number of anilines is 1. The summed E-state index contributed by atoms with van der Waals surface area (Å²) in [5.74, 6) is 1.61. The van der Waals surface area contributed by atoms with Gasteiger partial charge in [-0.25, -0.2) is 4.39 Å². The lowest BCUT2D eigenvalue weighted by atomic mass is 10.1. The summed E-state index contributed by atoms with van der Waals surface area (Å²) in [7, 11) is 1.65. The number of hydrogen-bond acceptors (Lipinski definition) is 4. The number of nitrogens with one attached hydrogen (secondary N) is 1. The van der Waals surface area contributed by atoms with Crippen LogP contribution < -0.4 is 20.7 Å². The first kappa shape index (κ1) is 16.2. The lowest BCUT2D eigenvalue weighted by Gasteiger charge is -2.27. The van der Waals surface area contributed by atoms with Gasteiger partial charge in [-0.1, -0.05) is 18.2 Å². The average molecular weight is 327 g/mol. The number of rotatable bonds is 6. The molecule has 2 aromatic carbocycles. The summed E-state index contributed by atoms with van der Waals surface area (Å²) >= 11 is 0. The standard InChI is InChI=1S/C19H22FN3O/c1-24-18-7-5-14(6-8-18)12-23(13-15-9-19(21)22-11-15)17-4-2-3-16(20)10-17/h2-10,15,22H,11-13,21H2,1H3/t15-/m0/s1. The third-order valence-corrected chi connectivity index (χ3v) is 4.14. The van der Waals surface area contributed by atoms with Gasteiger partial charge in [0.15, 0.2) is 0 Å². The Morgan fingerprint density at radius 3 is 2.67 bits per heavy atom. The molecule has 3 rings (SSSR count). The van der Waals surface area contributed by atoms with Gasteiger partial charge in [-0.15, -0.1) is 0 Å². The monoisotopic (exact) mass is 327 g/mol. The second kappa shape index (κ2) is 7.25. The van der Waals surface area contributed by atoms with Gasteiger partial charge >= 0.3 is 0 Å². The molecule has 0 aromatic heterocycles.